The molecule has 3 aromatic carbocycles. The van der Waals surface area contributed by atoms with Crippen molar-refractivity contribution in [3.63, 3.8) is 0 Å². The van der Waals surface area contributed by atoms with E-state index in [0.717, 1.165) is 31.2 Å². The molecule has 1 atom stereocenters. The average molecular weight is 526 g/mol. The summed E-state index contributed by atoms with van der Waals surface area (Å²) in [6.07, 6.45) is 3.44. The highest BCUT2D eigenvalue weighted by molar-refractivity contribution is 7.91. The maximum absolute atomic E-state index is 13.9. The van der Waals surface area contributed by atoms with Gasteiger partial charge >= 0.3 is 0 Å². The Balaban J connectivity index is 1.65. The van der Waals surface area contributed by atoms with Crippen LogP contribution in [0.2, 0.25) is 0 Å². The van der Waals surface area contributed by atoms with Gasteiger partial charge in [-0.1, -0.05) is 42.5 Å². The SMILES string of the molecule is COc1ccc(S(=O)(=O)C(CC(=O)NO)c2cccc(OCc3ccccc3)c2)cc1OC1CCCC1. The molecule has 4 rings (SSSR count). The highest BCUT2D eigenvalue weighted by atomic mass is 32.2. The van der Waals surface area contributed by atoms with Gasteiger partial charge in [0.05, 0.1) is 23.4 Å². The van der Waals surface area contributed by atoms with Crippen molar-refractivity contribution in [1.82, 2.24) is 5.48 Å². The monoisotopic (exact) mass is 525 g/mol. The van der Waals surface area contributed by atoms with Crippen LogP contribution in [0.25, 0.3) is 0 Å². The predicted molar refractivity (Wildman–Crippen MR) is 138 cm³/mol. The standard InChI is InChI=1S/C28H31NO7S/c1-34-25-15-14-24(17-26(25)36-22-11-5-6-12-22)37(32,33)27(18-28(30)29-31)21-10-7-13-23(16-21)35-19-20-8-3-2-4-9-20/h2-4,7-10,13-17,22,27,31H,5-6,11-12,18-19H2,1H3,(H,29,30). The largest absolute Gasteiger partial charge is 0.493 e. The van der Waals surface area contributed by atoms with Crippen molar-refractivity contribution in [2.45, 2.75) is 55.0 Å². The summed E-state index contributed by atoms with van der Waals surface area (Å²) < 4.78 is 45.1. The Hall–Kier alpha value is -3.56. The van der Waals surface area contributed by atoms with E-state index in [2.05, 4.69) is 0 Å². The van der Waals surface area contributed by atoms with Crippen molar-refractivity contribution in [2.75, 3.05) is 7.11 Å². The lowest BCUT2D eigenvalue weighted by Gasteiger charge is -2.20. The Bertz CT molecular complexity index is 1310. The first-order chi connectivity index (χ1) is 17.9. The van der Waals surface area contributed by atoms with Gasteiger partial charge in [0.2, 0.25) is 5.91 Å². The number of methoxy groups -OCH3 is 1. The molecule has 0 radical (unpaired) electrons. The molecule has 0 spiro atoms. The van der Waals surface area contributed by atoms with Gasteiger partial charge in [0.15, 0.2) is 21.3 Å². The molecule has 1 amide bonds. The minimum atomic E-state index is -4.09. The number of carbonyl (C=O) groups is 1. The number of hydroxylamine groups is 1. The molecule has 0 aliphatic heterocycles. The van der Waals surface area contributed by atoms with Crippen molar-refractivity contribution >= 4 is 15.7 Å². The third-order valence-corrected chi connectivity index (χ3v) is 8.51. The lowest BCUT2D eigenvalue weighted by molar-refractivity contribution is -0.129. The molecule has 2 N–H and O–H groups in total. The number of amides is 1. The number of hydrogen-bond donors (Lipinski definition) is 2. The molecule has 1 saturated carbocycles. The fourth-order valence-corrected chi connectivity index (χ4v) is 6.18. The molecule has 37 heavy (non-hydrogen) atoms. The summed E-state index contributed by atoms with van der Waals surface area (Å²) in [5, 5.41) is 7.88. The summed E-state index contributed by atoms with van der Waals surface area (Å²) in [7, 11) is -2.59. The van der Waals surface area contributed by atoms with Crippen LogP contribution in [0, 0.1) is 0 Å². The van der Waals surface area contributed by atoms with Crippen LogP contribution >= 0.6 is 0 Å². The second-order valence-electron chi connectivity index (χ2n) is 8.96. The van der Waals surface area contributed by atoms with Crippen LogP contribution in [0.5, 0.6) is 17.2 Å². The van der Waals surface area contributed by atoms with Crippen LogP contribution in [0.15, 0.2) is 77.7 Å². The molecule has 0 saturated heterocycles. The van der Waals surface area contributed by atoms with Gasteiger partial charge in [0.25, 0.3) is 0 Å². The van der Waals surface area contributed by atoms with Gasteiger partial charge in [-0.3, -0.25) is 10.0 Å². The van der Waals surface area contributed by atoms with E-state index in [1.54, 1.807) is 35.8 Å². The Morgan fingerprint density at radius 1 is 1.00 bits per heavy atom. The molecule has 1 fully saturated rings. The van der Waals surface area contributed by atoms with Gasteiger partial charge in [0.1, 0.15) is 12.4 Å². The summed E-state index contributed by atoms with van der Waals surface area (Å²) in [4.78, 5) is 12.2. The molecule has 1 unspecified atom stereocenters. The van der Waals surface area contributed by atoms with E-state index in [4.69, 9.17) is 19.4 Å². The van der Waals surface area contributed by atoms with E-state index in [1.165, 1.54) is 19.2 Å². The summed E-state index contributed by atoms with van der Waals surface area (Å²) in [5.41, 5.74) is 2.88. The highest BCUT2D eigenvalue weighted by Crippen LogP contribution is 2.38. The average Bonchev–Trinajstić information content (AvgIpc) is 3.44. The number of benzene rings is 3. The van der Waals surface area contributed by atoms with Gasteiger partial charge < -0.3 is 14.2 Å². The molecule has 0 heterocycles. The Labute approximate surface area is 217 Å². The molecule has 3 aromatic rings. The van der Waals surface area contributed by atoms with Crippen molar-refractivity contribution in [1.29, 1.82) is 0 Å². The summed E-state index contributed by atoms with van der Waals surface area (Å²) in [6.45, 7) is 0.305. The molecule has 196 valence electrons. The second-order valence-corrected chi connectivity index (χ2v) is 11.1. The van der Waals surface area contributed by atoms with E-state index in [1.807, 2.05) is 30.3 Å². The molecule has 0 bridgehead atoms. The quantitative estimate of drug-likeness (QED) is 0.267. The first-order valence-electron chi connectivity index (χ1n) is 12.2. The minimum absolute atomic E-state index is 0.00117. The van der Waals surface area contributed by atoms with Crippen LogP contribution in [0.3, 0.4) is 0 Å². The number of hydrogen-bond acceptors (Lipinski definition) is 7. The van der Waals surface area contributed by atoms with Crippen molar-refractivity contribution in [2.24, 2.45) is 0 Å². The van der Waals surface area contributed by atoms with E-state index in [-0.39, 0.29) is 11.0 Å². The van der Waals surface area contributed by atoms with Gasteiger partial charge in [-0.05, 0) is 61.1 Å². The van der Waals surface area contributed by atoms with E-state index >= 15 is 0 Å². The molecule has 0 aromatic heterocycles. The zero-order valence-electron chi connectivity index (χ0n) is 20.6. The molecule has 8 nitrogen and oxygen atoms in total. The topological polar surface area (TPSA) is 111 Å². The number of carbonyl (C=O) groups excluding carboxylic acids is 1. The lowest BCUT2D eigenvalue weighted by atomic mass is 10.1. The van der Waals surface area contributed by atoms with E-state index < -0.39 is 27.4 Å². The van der Waals surface area contributed by atoms with Gasteiger partial charge in [-0.25, -0.2) is 13.9 Å². The van der Waals surface area contributed by atoms with Gasteiger partial charge in [-0.2, -0.15) is 0 Å². The fraction of sp³-hybridized carbons (Fsp3) is 0.321. The predicted octanol–water partition coefficient (Wildman–Crippen LogP) is 5.01. The van der Waals surface area contributed by atoms with Crippen LogP contribution < -0.4 is 19.7 Å². The zero-order valence-corrected chi connectivity index (χ0v) is 21.4. The molecule has 1 aliphatic carbocycles. The molecular weight excluding hydrogens is 494 g/mol. The van der Waals surface area contributed by atoms with Crippen LogP contribution in [0.1, 0.15) is 48.5 Å². The molecule has 9 heteroatoms. The second kappa shape index (κ2) is 12.1. The first kappa shape index (κ1) is 26.5. The smallest absolute Gasteiger partial charge is 0.244 e. The molecular formula is C28H31NO7S. The van der Waals surface area contributed by atoms with Gasteiger partial charge in [-0.15, -0.1) is 0 Å². The normalized spacial score (nSPS) is 14.6. The van der Waals surface area contributed by atoms with Crippen LogP contribution in [-0.2, 0) is 21.2 Å². The number of ether oxygens (including phenoxy) is 3. The maximum Gasteiger partial charge on any atom is 0.244 e. The maximum atomic E-state index is 13.9. The fourth-order valence-electron chi connectivity index (χ4n) is 4.44. The van der Waals surface area contributed by atoms with Gasteiger partial charge in [0, 0.05) is 12.5 Å². The van der Waals surface area contributed by atoms with Crippen molar-refractivity contribution < 1.29 is 32.6 Å². The number of sulfone groups is 1. The highest BCUT2D eigenvalue weighted by Gasteiger charge is 2.33. The Morgan fingerprint density at radius 3 is 2.46 bits per heavy atom. The summed E-state index contributed by atoms with van der Waals surface area (Å²) in [5.74, 6) is 0.429. The first-order valence-corrected chi connectivity index (χ1v) is 13.7. The Kier molecular flexibility index (Phi) is 8.68. The third-order valence-electron chi connectivity index (χ3n) is 6.41. The number of rotatable bonds is 11. The Morgan fingerprint density at radius 2 is 1.76 bits per heavy atom. The molecule has 1 aliphatic rings. The number of nitrogens with one attached hydrogen (secondary N) is 1. The minimum Gasteiger partial charge on any atom is -0.493 e. The third kappa shape index (κ3) is 6.61. The van der Waals surface area contributed by atoms with E-state index in [9.17, 15) is 13.2 Å². The van der Waals surface area contributed by atoms with E-state index in [0.29, 0.717) is 29.4 Å². The summed E-state index contributed by atoms with van der Waals surface area (Å²) >= 11 is 0. The van der Waals surface area contributed by atoms with Crippen LogP contribution in [-0.4, -0.2) is 32.7 Å². The summed E-state index contributed by atoms with van der Waals surface area (Å²) in [6, 6.07) is 20.7. The zero-order chi connectivity index (χ0) is 26.3. The lowest BCUT2D eigenvalue weighted by Crippen LogP contribution is -2.25. The van der Waals surface area contributed by atoms with Crippen molar-refractivity contribution in [3.05, 3.63) is 83.9 Å². The van der Waals surface area contributed by atoms with Crippen molar-refractivity contribution in [3.8, 4) is 17.2 Å². The van der Waals surface area contributed by atoms with Crippen LogP contribution in [0.4, 0.5) is 0 Å².